The molecule has 0 N–H and O–H groups in total. The number of amides is 1. The summed E-state index contributed by atoms with van der Waals surface area (Å²) in [5, 5.41) is -0.181. The standard InChI is InChI=1S/C11H12NO5S/c1-6(14)17-4-7-5-18-11-9(16-2)10(15)12(11)8(7)3-13/h9,11H,4-5H2,1-2H3. The van der Waals surface area contributed by atoms with Gasteiger partial charge < -0.3 is 9.47 Å². The van der Waals surface area contributed by atoms with Crippen LogP contribution in [0.4, 0.5) is 0 Å². The molecule has 2 aliphatic heterocycles. The van der Waals surface area contributed by atoms with Crippen LogP contribution in [0.15, 0.2) is 11.3 Å². The lowest BCUT2D eigenvalue weighted by atomic mass is 10.1. The van der Waals surface area contributed by atoms with E-state index in [9.17, 15) is 14.4 Å². The van der Waals surface area contributed by atoms with E-state index in [1.54, 1.807) is 6.29 Å². The number of methoxy groups -OCH3 is 1. The fourth-order valence-electron chi connectivity index (χ4n) is 1.90. The van der Waals surface area contributed by atoms with Crippen molar-refractivity contribution in [3.63, 3.8) is 0 Å². The molecule has 1 amide bonds. The van der Waals surface area contributed by atoms with Gasteiger partial charge in [-0.25, -0.2) is 0 Å². The van der Waals surface area contributed by atoms with Crippen molar-refractivity contribution in [2.45, 2.75) is 18.4 Å². The zero-order valence-corrected chi connectivity index (χ0v) is 10.8. The first-order valence-electron chi connectivity index (χ1n) is 5.31. The SMILES string of the molecule is COC1C(=O)N2C([C]=O)=C(COC(C)=O)CSC12. The Kier molecular flexibility index (Phi) is 3.72. The van der Waals surface area contributed by atoms with Gasteiger partial charge in [-0.2, -0.15) is 0 Å². The molecule has 0 aromatic rings. The number of carbonyl (C=O) groups is 2. The Morgan fingerprint density at radius 2 is 2.33 bits per heavy atom. The number of β-lactam (4-membered cyclic amide) rings is 1. The van der Waals surface area contributed by atoms with Gasteiger partial charge in [0.1, 0.15) is 17.7 Å². The van der Waals surface area contributed by atoms with Gasteiger partial charge in [0.2, 0.25) is 0 Å². The summed E-state index contributed by atoms with van der Waals surface area (Å²) in [5.41, 5.74) is 0.780. The van der Waals surface area contributed by atoms with Gasteiger partial charge in [0.15, 0.2) is 6.10 Å². The molecule has 1 radical (unpaired) electrons. The van der Waals surface area contributed by atoms with E-state index >= 15 is 0 Å². The van der Waals surface area contributed by atoms with Crippen LogP contribution in [-0.4, -0.2) is 54.0 Å². The highest BCUT2D eigenvalue weighted by Gasteiger charge is 2.52. The molecule has 2 rings (SSSR count). The molecule has 6 nitrogen and oxygen atoms in total. The molecule has 18 heavy (non-hydrogen) atoms. The van der Waals surface area contributed by atoms with E-state index in [0.717, 1.165) is 0 Å². The van der Waals surface area contributed by atoms with Crippen LogP contribution in [0.1, 0.15) is 6.92 Å². The average molecular weight is 270 g/mol. The molecule has 2 heterocycles. The smallest absolute Gasteiger partial charge is 0.302 e. The monoisotopic (exact) mass is 270 g/mol. The third-order valence-electron chi connectivity index (χ3n) is 2.80. The topological polar surface area (TPSA) is 72.9 Å². The molecule has 2 atom stereocenters. The van der Waals surface area contributed by atoms with Crippen LogP contribution in [0.3, 0.4) is 0 Å². The normalized spacial score (nSPS) is 26.6. The molecule has 1 fully saturated rings. The van der Waals surface area contributed by atoms with E-state index < -0.39 is 12.1 Å². The molecular weight excluding hydrogens is 258 g/mol. The Balaban J connectivity index is 2.17. The molecule has 0 aliphatic carbocycles. The molecule has 2 unspecified atom stereocenters. The summed E-state index contributed by atoms with van der Waals surface area (Å²) in [7, 11) is 1.46. The Labute approximate surface area is 108 Å². The minimum absolute atomic E-state index is 0.0149. The molecule has 2 aliphatic rings. The summed E-state index contributed by atoms with van der Waals surface area (Å²) >= 11 is 1.48. The van der Waals surface area contributed by atoms with Crippen LogP contribution >= 0.6 is 11.8 Å². The predicted octanol–water partition coefficient (Wildman–Crippen LogP) is -0.157. The van der Waals surface area contributed by atoms with Crippen LogP contribution in [0.2, 0.25) is 0 Å². The number of esters is 1. The van der Waals surface area contributed by atoms with Gasteiger partial charge in [-0.05, 0) is 0 Å². The zero-order chi connectivity index (χ0) is 13.3. The van der Waals surface area contributed by atoms with Gasteiger partial charge in [0, 0.05) is 25.4 Å². The lowest BCUT2D eigenvalue weighted by Gasteiger charge is -2.48. The van der Waals surface area contributed by atoms with Crippen molar-refractivity contribution in [1.29, 1.82) is 0 Å². The minimum atomic E-state index is -0.506. The zero-order valence-electron chi connectivity index (χ0n) is 9.97. The van der Waals surface area contributed by atoms with Crippen molar-refractivity contribution in [2.24, 2.45) is 0 Å². The van der Waals surface area contributed by atoms with Crippen LogP contribution in [-0.2, 0) is 23.9 Å². The van der Waals surface area contributed by atoms with Crippen LogP contribution < -0.4 is 0 Å². The fourth-order valence-corrected chi connectivity index (χ4v) is 3.25. The maximum absolute atomic E-state index is 11.7. The number of ether oxygens (including phenoxy) is 2. The Morgan fingerprint density at radius 3 is 2.89 bits per heavy atom. The lowest BCUT2D eigenvalue weighted by Crippen LogP contribution is -2.65. The third kappa shape index (κ3) is 2.04. The van der Waals surface area contributed by atoms with Crippen molar-refractivity contribution in [3.8, 4) is 0 Å². The number of thioether (sulfide) groups is 1. The van der Waals surface area contributed by atoms with E-state index in [4.69, 9.17) is 9.47 Å². The second kappa shape index (κ2) is 5.11. The number of hydrogen-bond donors (Lipinski definition) is 0. The minimum Gasteiger partial charge on any atom is -0.461 e. The van der Waals surface area contributed by atoms with Gasteiger partial charge in [-0.15, -0.1) is 11.8 Å². The van der Waals surface area contributed by atoms with E-state index in [-0.39, 0.29) is 23.6 Å². The first kappa shape index (κ1) is 13.1. The van der Waals surface area contributed by atoms with Crippen LogP contribution in [0.25, 0.3) is 0 Å². The van der Waals surface area contributed by atoms with E-state index in [1.807, 2.05) is 0 Å². The summed E-state index contributed by atoms with van der Waals surface area (Å²) in [4.78, 5) is 34.8. The highest BCUT2D eigenvalue weighted by atomic mass is 32.2. The Hall–Kier alpha value is -1.34. The predicted molar refractivity (Wildman–Crippen MR) is 63.2 cm³/mol. The fraction of sp³-hybridized carbons (Fsp3) is 0.545. The van der Waals surface area contributed by atoms with Gasteiger partial charge in [0.05, 0.1) is 0 Å². The van der Waals surface area contributed by atoms with Crippen LogP contribution in [0.5, 0.6) is 0 Å². The van der Waals surface area contributed by atoms with Crippen molar-refractivity contribution in [2.75, 3.05) is 19.5 Å². The van der Waals surface area contributed by atoms with E-state index in [1.165, 1.54) is 30.7 Å². The molecule has 0 aromatic heterocycles. The summed E-state index contributed by atoms with van der Waals surface area (Å²) < 4.78 is 9.90. The van der Waals surface area contributed by atoms with Crippen molar-refractivity contribution < 1.29 is 23.9 Å². The van der Waals surface area contributed by atoms with Gasteiger partial charge >= 0.3 is 5.97 Å². The summed E-state index contributed by atoms with van der Waals surface area (Å²) in [6.45, 7) is 1.31. The summed E-state index contributed by atoms with van der Waals surface area (Å²) in [6.07, 6.45) is 1.25. The first-order chi connectivity index (χ1) is 8.60. The number of carbonyl (C=O) groups excluding carboxylic acids is 3. The van der Waals surface area contributed by atoms with E-state index in [2.05, 4.69) is 0 Å². The van der Waals surface area contributed by atoms with Gasteiger partial charge in [-0.3, -0.25) is 19.3 Å². The van der Waals surface area contributed by atoms with Crippen LogP contribution in [0, 0.1) is 0 Å². The molecule has 0 aromatic carbocycles. The number of allylic oxidation sites excluding steroid dienone is 1. The third-order valence-corrected chi connectivity index (χ3v) is 4.11. The second-order valence-corrected chi connectivity index (χ2v) is 5.01. The number of nitrogens with zero attached hydrogens (tertiary/aromatic N) is 1. The van der Waals surface area contributed by atoms with Gasteiger partial charge in [0.25, 0.3) is 12.2 Å². The number of rotatable bonds is 4. The summed E-state index contributed by atoms with van der Waals surface area (Å²) in [6, 6.07) is 0. The molecule has 7 heteroatoms. The highest BCUT2D eigenvalue weighted by molar-refractivity contribution is 8.00. The molecule has 97 valence electrons. The quantitative estimate of drug-likeness (QED) is 0.522. The Bertz CT molecular complexity index is 433. The lowest BCUT2D eigenvalue weighted by molar-refractivity contribution is -0.157. The van der Waals surface area contributed by atoms with Gasteiger partial charge in [-0.1, -0.05) is 0 Å². The van der Waals surface area contributed by atoms with E-state index in [0.29, 0.717) is 11.3 Å². The number of hydrogen-bond acceptors (Lipinski definition) is 6. The summed E-state index contributed by atoms with van der Waals surface area (Å²) in [5.74, 6) is -0.162. The number of fused-ring (bicyclic) bond motifs is 1. The molecule has 0 bridgehead atoms. The van der Waals surface area contributed by atoms with Crippen molar-refractivity contribution >= 4 is 29.9 Å². The molecule has 0 spiro atoms. The largest absolute Gasteiger partial charge is 0.461 e. The maximum atomic E-state index is 11.7. The van der Waals surface area contributed by atoms with Crippen molar-refractivity contribution in [3.05, 3.63) is 11.3 Å². The molecular formula is C11H12NO5S. The highest BCUT2D eigenvalue weighted by Crippen LogP contribution is 2.40. The molecule has 1 saturated heterocycles. The molecule has 0 saturated carbocycles. The maximum Gasteiger partial charge on any atom is 0.302 e. The first-order valence-corrected chi connectivity index (χ1v) is 6.36. The van der Waals surface area contributed by atoms with Crippen molar-refractivity contribution in [1.82, 2.24) is 4.90 Å². The second-order valence-electron chi connectivity index (χ2n) is 3.90. The Morgan fingerprint density at radius 1 is 1.61 bits per heavy atom. The average Bonchev–Trinajstić information content (AvgIpc) is 2.35.